The molecule has 1 amide bonds. The fourth-order valence-electron chi connectivity index (χ4n) is 3.65. The number of aromatic nitrogens is 1. The molecule has 2 N–H and O–H groups in total. The van der Waals surface area contributed by atoms with Crippen LogP contribution >= 0.6 is 0 Å². The fraction of sp³-hybridized carbons (Fsp3) is 0.381. The number of ether oxygens (including phenoxy) is 1. The number of carbonyl (C=O) groups is 2. The lowest BCUT2D eigenvalue weighted by Gasteiger charge is -2.34. The van der Waals surface area contributed by atoms with Gasteiger partial charge in [0, 0.05) is 11.8 Å². The first-order chi connectivity index (χ1) is 14.2. The van der Waals surface area contributed by atoms with Gasteiger partial charge in [-0.05, 0) is 36.6 Å². The van der Waals surface area contributed by atoms with E-state index in [1.165, 1.54) is 31.5 Å². The molecule has 6 nitrogen and oxygen atoms in total. The van der Waals surface area contributed by atoms with Gasteiger partial charge in [0.1, 0.15) is 5.54 Å². The van der Waals surface area contributed by atoms with Crippen molar-refractivity contribution in [3.8, 4) is 17.0 Å². The van der Waals surface area contributed by atoms with Crippen molar-refractivity contribution in [3.05, 3.63) is 47.7 Å². The topological polar surface area (TPSA) is 88.5 Å². The number of pyridine rings is 1. The lowest BCUT2D eigenvalue weighted by Crippen LogP contribution is -2.55. The number of halogens is 3. The Bertz CT molecular complexity index is 954. The molecule has 160 valence electrons. The Balaban J connectivity index is 1.97. The van der Waals surface area contributed by atoms with Gasteiger partial charge in [-0.1, -0.05) is 31.4 Å². The second-order valence-electron chi connectivity index (χ2n) is 7.26. The third-order valence-electron chi connectivity index (χ3n) is 5.28. The minimum atomic E-state index is -4.53. The summed E-state index contributed by atoms with van der Waals surface area (Å²) in [6.07, 6.45) is -0.416. The summed E-state index contributed by atoms with van der Waals surface area (Å²) in [7, 11) is 1.32. The van der Waals surface area contributed by atoms with Crippen molar-refractivity contribution < 1.29 is 32.6 Å². The van der Waals surface area contributed by atoms with Crippen molar-refractivity contribution in [1.29, 1.82) is 0 Å². The smallest absolute Gasteiger partial charge is 0.416 e. The largest absolute Gasteiger partial charge is 0.481 e. The molecule has 0 atom stereocenters. The zero-order valence-corrected chi connectivity index (χ0v) is 16.3. The van der Waals surface area contributed by atoms with Crippen LogP contribution < -0.4 is 10.1 Å². The van der Waals surface area contributed by atoms with Crippen LogP contribution in [0.15, 0.2) is 36.5 Å². The predicted octanol–water partition coefficient (Wildman–Crippen LogP) is 4.29. The summed E-state index contributed by atoms with van der Waals surface area (Å²) < 4.78 is 44.4. The number of carboxylic acid groups (broad SMARTS) is 1. The maximum Gasteiger partial charge on any atom is 0.416 e. The Morgan fingerprint density at radius 3 is 2.47 bits per heavy atom. The zero-order valence-electron chi connectivity index (χ0n) is 16.3. The van der Waals surface area contributed by atoms with Crippen molar-refractivity contribution in [2.45, 2.75) is 43.8 Å². The normalized spacial score (nSPS) is 16.0. The Kier molecular flexibility index (Phi) is 6.00. The number of methoxy groups -OCH3 is 1. The first-order valence-electron chi connectivity index (χ1n) is 9.44. The number of rotatable bonds is 5. The summed E-state index contributed by atoms with van der Waals surface area (Å²) in [5, 5.41) is 12.2. The number of carboxylic acids is 1. The van der Waals surface area contributed by atoms with E-state index < -0.39 is 29.2 Å². The van der Waals surface area contributed by atoms with E-state index in [1.54, 1.807) is 0 Å². The van der Waals surface area contributed by atoms with Crippen LogP contribution in [0.2, 0.25) is 0 Å². The van der Waals surface area contributed by atoms with Gasteiger partial charge in [-0.3, -0.25) is 4.79 Å². The monoisotopic (exact) mass is 422 g/mol. The molecule has 1 aromatic carbocycles. The average Bonchev–Trinajstić information content (AvgIpc) is 2.73. The first-order valence-corrected chi connectivity index (χ1v) is 9.44. The van der Waals surface area contributed by atoms with Crippen molar-refractivity contribution in [2.24, 2.45) is 0 Å². The zero-order chi connectivity index (χ0) is 21.9. The lowest BCUT2D eigenvalue weighted by molar-refractivity contribution is -0.146. The molecule has 1 aliphatic carbocycles. The molecule has 3 rings (SSSR count). The molecule has 1 saturated carbocycles. The number of nitrogens with one attached hydrogen (secondary N) is 1. The minimum absolute atomic E-state index is 0.0365. The predicted molar refractivity (Wildman–Crippen MR) is 102 cm³/mol. The molecule has 0 aliphatic heterocycles. The Morgan fingerprint density at radius 2 is 1.87 bits per heavy atom. The van der Waals surface area contributed by atoms with Crippen molar-refractivity contribution in [3.63, 3.8) is 0 Å². The van der Waals surface area contributed by atoms with E-state index in [1.807, 2.05) is 0 Å². The lowest BCUT2D eigenvalue weighted by atomic mass is 9.81. The molecule has 2 aromatic rings. The van der Waals surface area contributed by atoms with Crippen LogP contribution in [0.25, 0.3) is 11.1 Å². The standard InChI is InChI=1S/C21H21F3N2O4/c1-30-18-16(13-6-5-7-15(10-13)21(22,23)24)11-14(12-25-18)17(27)26-20(19(28)29)8-3-2-4-9-20/h5-7,10-12H,2-4,8-9H2,1H3,(H,26,27)(H,28,29). The van der Waals surface area contributed by atoms with Gasteiger partial charge < -0.3 is 15.2 Å². The minimum Gasteiger partial charge on any atom is -0.481 e. The van der Waals surface area contributed by atoms with Gasteiger partial charge in [-0.2, -0.15) is 13.2 Å². The van der Waals surface area contributed by atoms with Crippen LogP contribution in [0.5, 0.6) is 5.88 Å². The second kappa shape index (κ2) is 8.33. The van der Waals surface area contributed by atoms with Crippen LogP contribution in [0.4, 0.5) is 13.2 Å². The second-order valence-corrected chi connectivity index (χ2v) is 7.26. The van der Waals surface area contributed by atoms with E-state index in [-0.39, 0.29) is 22.6 Å². The third-order valence-corrected chi connectivity index (χ3v) is 5.28. The van der Waals surface area contributed by atoms with Crippen molar-refractivity contribution >= 4 is 11.9 Å². The van der Waals surface area contributed by atoms with Crippen LogP contribution in [0.3, 0.4) is 0 Å². The molecule has 0 bridgehead atoms. The number of hydrogen-bond acceptors (Lipinski definition) is 4. The summed E-state index contributed by atoms with van der Waals surface area (Å²) in [4.78, 5) is 28.6. The summed E-state index contributed by atoms with van der Waals surface area (Å²) in [6, 6.07) is 5.96. The summed E-state index contributed by atoms with van der Waals surface area (Å²) in [6.45, 7) is 0. The number of aliphatic carboxylic acids is 1. The third kappa shape index (κ3) is 4.39. The van der Waals surface area contributed by atoms with Gasteiger partial charge in [0.15, 0.2) is 0 Å². The molecule has 1 aliphatic rings. The number of amides is 1. The average molecular weight is 422 g/mol. The van der Waals surface area contributed by atoms with Crippen LogP contribution in [-0.2, 0) is 11.0 Å². The highest BCUT2D eigenvalue weighted by molar-refractivity contribution is 5.98. The van der Waals surface area contributed by atoms with Crippen molar-refractivity contribution in [2.75, 3.05) is 7.11 Å². The highest BCUT2D eigenvalue weighted by Crippen LogP contribution is 2.35. The van der Waals surface area contributed by atoms with E-state index >= 15 is 0 Å². The van der Waals surface area contributed by atoms with Gasteiger partial charge in [0.05, 0.1) is 18.2 Å². The van der Waals surface area contributed by atoms with Crippen LogP contribution in [0.1, 0.15) is 48.0 Å². The number of nitrogens with zero attached hydrogens (tertiary/aromatic N) is 1. The molecule has 1 heterocycles. The van der Waals surface area contributed by atoms with Crippen LogP contribution in [-0.4, -0.2) is 34.6 Å². The molecule has 1 aromatic heterocycles. The Labute approximate surface area is 171 Å². The molecule has 0 radical (unpaired) electrons. The van der Waals surface area contributed by atoms with E-state index in [4.69, 9.17) is 4.74 Å². The fourth-order valence-corrected chi connectivity index (χ4v) is 3.65. The molecule has 0 spiro atoms. The SMILES string of the molecule is COc1ncc(C(=O)NC2(C(=O)O)CCCCC2)cc1-c1cccc(C(F)(F)F)c1. The molecule has 1 fully saturated rings. The quantitative estimate of drug-likeness (QED) is 0.750. The van der Waals surface area contributed by atoms with E-state index in [9.17, 15) is 27.9 Å². The van der Waals surface area contributed by atoms with Gasteiger partial charge >= 0.3 is 12.1 Å². The van der Waals surface area contributed by atoms with E-state index in [2.05, 4.69) is 10.3 Å². The molecular weight excluding hydrogens is 401 g/mol. The first kappa shape index (κ1) is 21.6. The van der Waals surface area contributed by atoms with E-state index in [0.717, 1.165) is 18.6 Å². The molecule has 0 saturated heterocycles. The van der Waals surface area contributed by atoms with Crippen LogP contribution in [0, 0.1) is 0 Å². The summed E-state index contributed by atoms with van der Waals surface area (Å²) in [5.41, 5.74) is -1.79. The maximum absolute atomic E-state index is 13.1. The van der Waals surface area contributed by atoms with Crippen molar-refractivity contribution in [1.82, 2.24) is 10.3 Å². The van der Waals surface area contributed by atoms with Gasteiger partial charge in [-0.25, -0.2) is 9.78 Å². The summed E-state index contributed by atoms with van der Waals surface area (Å²) in [5.74, 6) is -1.70. The molecule has 9 heteroatoms. The maximum atomic E-state index is 13.1. The Hall–Kier alpha value is -3.10. The number of carbonyl (C=O) groups excluding carboxylic acids is 1. The number of alkyl halides is 3. The van der Waals surface area contributed by atoms with E-state index in [0.29, 0.717) is 25.7 Å². The number of benzene rings is 1. The summed E-state index contributed by atoms with van der Waals surface area (Å²) >= 11 is 0. The Morgan fingerprint density at radius 1 is 1.17 bits per heavy atom. The number of hydrogen-bond donors (Lipinski definition) is 2. The van der Waals surface area contributed by atoms with Gasteiger partial charge in [0.2, 0.25) is 5.88 Å². The van der Waals surface area contributed by atoms with Gasteiger partial charge in [-0.15, -0.1) is 0 Å². The highest BCUT2D eigenvalue weighted by Gasteiger charge is 2.41. The molecular formula is C21H21F3N2O4. The molecule has 30 heavy (non-hydrogen) atoms. The highest BCUT2D eigenvalue weighted by atomic mass is 19.4. The molecule has 0 unspecified atom stereocenters. The van der Waals surface area contributed by atoms with Gasteiger partial charge in [0.25, 0.3) is 5.91 Å².